The third kappa shape index (κ3) is 62.8. The van der Waals surface area contributed by atoms with Crippen LogP contribution in [0.5, 0.6) is 0 Å². The zero-order chi connectivity index (χ0) is 55.7. The lowest BCUT2D eigenvalue weighted by Crippen LogP contribution is -2.30. The van der Waals surface area contributed by atoms with E-state index in [2.05, 4.69) is 130 Å². The second-order valence-electron chi connectivity index (χ2n) is 21.3. The van der Waals surface area contributed by atoms with Crippen LogP contribution in [0.3, 0.4) is 0 Å². The minimum absolute atomic E-state index is 0.0769. The van der Waals surface area contributed by atoms with Gasteiger partial charge in [-0.15, -0.1) is 0 Å². The van der Waals surface area contributed by atoms with Crippen molar-refractivity contribution in [3.05, 3.63) is 109 Å². The molecule has 0 aromatic heterocycles. The van der Waals surface area contributed by atoms with Gasteiger partial charge >= 0.3 is 17.9 Å². The van der Waals surface area contributed by atoms with Gasteiger partial charge in [-0.25, -0.2) is 0 Å². The van der Waals surface area contributed by atoms with Crippen LogP contribution in [0.4, 0.5) is 0 Å². The second kappa shape index (κ2) is 64.6. The van der Waals surface area contributed by atoms with Crippen molar-refractivity contribution in [2.45, 2.75) is 309 Å². The number of hydrogen-bond donors (Lipinski definition) is 0. The van der Waals surface area contributed by atoms with E-state index < -0.39 is 6.10 Å². The van der Waals surface area contributed by atoms with Crippen LogP contribution in [-0.4, -0.2) is 37.2 Å². The summed E-state index contributed by atoms with van der Waals surface area (Å²) >= 11 is 0. The summed E-state index contributed by atoms with van der Waals surface area (Å²) in [5.41, 5.74) is 0. The van der Waals surface area contributed by atoms with Crippen LogP contribution in [0.15, 0.2) is 109 Å². The van der Waals surface area contributed by atoms with E-state index in [9.17, 15) is 14.4 Å². The molecule has 1 unspecified atom stereocenters. The molecule has 0 aromatic rings. The summed E-state index contributed by atoms with van der Waals surface area (Å²) in [7, 11) is 0. The Balaban J connectivity index is 4.19. The molecule has 0 amide bonds. The Kier molecular flexibility index (Phi) is 61.3. The molecule has 77 heavy (non-hydrogen) atoms. The highest BCUT2D eigenvalue weighted by molar-refractivity contribution is 5.71. The van der Waals surface area contributed by atoms with Gasteiger partial charge in [0.15, 0.2) is 6.10 Å². The highest BCUT2D eigenvalue weighted by Crippen LogP contribution is 2.16. The summed E-state index contributed by atoms with van der Waals surface area (Å²) in [5, 5.41) is 0. The number of hydrogen-bond acceptors (Lipinski definition) is 6. The van der Waals surface area contributed by atoms with Crippen LogP contribution in [0.1, 0.15) is 303 Å². The standard InChI is InChI=1S/C71H120O6/c1-4-7-10-13-16-19-22-24-25-26-27-28-29-30-31-32-33-34-35-36-37-38-39-40-41-42-43-44-45-47-49-52-55-58-61-64-70(73)76-67-68(66-75-69(72)63-60-57-54-51-48-21-18-15-12-9-6-3)77-71(74)65-62-59-56-53-50-46-23-20-17-14-11-8-5-2/h7,10,16,19,24-25,27-28,30-31,33-34,36-37,39-40,42-43,68H,4-6,8-9,11-15,17-18,20-23,26,29,32,35,38,41,44-67H2,1-3H3/b10-7-,19-16-,25-24-,28-27-,31-30-,34-33-,37-36-,40-39-,43-42-. The number of rotatable bonds is 58. The normalized spacial score (nSPS) is 12.8. The van der Waals surface area contributed by atoms with Crippen LogP contribution in [0.2, 0.25) is 0 Å². The predicted octanol–water partition coefficient (Wildman–Crippen LogP) is 22.2. The average molecular weight is 1070 g/mol. The van der Waals surface area contributed by atoms with Gasteiger partial charge in [-0.2, -0.15) is 0 Å². The molecule has 0 rings (SSSR count). The summed E-state index contributed by atoms with van der Waals surface area (Å²) in [6.45, 7) is 6.53. The molecule has 0 aliphatic heterocycles. The molecule has 0 radical (unpaired) electrons. The summed E-state index contributed by atoms with van der Waals surface area (Å²) in [6.07, 6.45) is 88.2. The Labute approximate surface area is 476 Å². The van der Waals surface area contributed by atoms with Crippen molar-refractivity contribution in [2.24, 2.45) is 0 Å². The Bertz CT molecular complexity index is 1560. The molecule has 1 atom stereocenters. The summed E-state index contributed by atoms with van der Waals surface area (Å²) in [5.74, 6) is -0.881. The second-order valence-corrected chi connectivity index (χ2v) is 21.3. The lowest BCUT2D eigenvalue weighted by atomic mass is 10.0. The van der Waals surface area contributed by atoms with Gasteiger partial charge in [-0.05, 0) is 89.9 Å². The number of esters is 3. The van der Waals surface area contributed by atoms with E-state index in [0.717, 1.165) is 122 Å². The molecular formula is C71H120O6. The number of carbonyl (C=O) groups excluding carboxylic acids is 3. The summed E-state index contributed by atoms with van der Waals surface area (Å²) in [6, 6.07) is 0. The third-order valence-electron chi connectivity index (χ3n) is 13.8. The maximum atomic E-state index is 12.8. The van der Waals surface area contributed by atoms with Crippen molar-refractivity contribution < 1.29 is 28.6 Å². The number of unbranched alkanes of at least 4 members (excludes halogenated alkanes) is 29. The third-order valence-corrected chi connectivity index (χ3v) is 13.8. The SMILES string of the molecule is CC/C=C\C/C=C\C/C=C\C/C=C\C/C=C\C/C=C\C/C=C\C/C=C\C/C=C\CCCCCCCCCC(=O)OCC(COC(=O)CCCCCCCCCCCCC)OC(=O)CCCCCCCCCCCCCCC. The highest BCUT2D eigenvalue weighted by atomic mass is 16.6. The topological polar surface area (TPSA) is 78.9 Å². The van der Waals surface area contributed by atoms with Crippen LogP contribution >= 0.6 is 0 Å². The van der Waals surface area contributed by atoms with Crippen molar-refractivity contribution in [1.29, 1.82) is 0 Å². The largest absolute Gasteiger partial charge is 0.462 e. The average Bonchev–Trinajstić information content (AvgIpc) is 3.43. The van der Waals surface area contributed by atoms with Gasteiger partial charge in [0.1, 0.15) is 13.2 Å². The Morgan fingerprint density at radius 3 is 0.792 bits per heavy atom. The Morgan fingerprint density at radius 2 is 0.506 bits per heavy atom. The molecule has 0 aromatic carbocycles. The van der Waals surface area contributed by atoms with Gasteiger partial charge < -0.3 is 14.2 Å². The zero-order valence-corrected chi connectivity index (χ0v) is 50.4. The van der Waals surface area contributed by atoms with Crippen molar-refractivity contribution in [3.8, 4) is 0 Å². The first-order valence-electron chi connectivity index (χ1n) is 32.4. The fourth-order valence-corrected chi connectivity index (χ4v) is 8.97. The Morgan fingerprint density at radius 1 is 0.273 bits per heavy atom. The highest BCUT2D eigenvalue weighted by Gasteiger charge is 2.19. The molecule has 0 bridgehead atoms. The van der Waals surface area contributed by atoms with Gasteiger partial charge in [-0.1, -0.05) is 304 Å². The van der Waals surface area contributed by atoms with E-state index in [0.29, 0.717) is 19.3 Å². The number of allylic oxidation sites excluding steroid dienone is 18. The van der Waals surface area contributed by atoms with Crippen molar-refractivity contribution >= 4 is 17.9 Å². The molecule has 0 saturated heterocycles. The molecule has 0 spiro atoms. The van der Waals surface area contributed by atoms with Gasteiger partial charge in [0.2, 0.25) is 0 Å². The first-order valence-corrected chi connectivity index (χ1v) is 32.4. The van der Waals surface area contributed by atoms with Crippen molar-refractivity contribution in [3.63, 3.8) is 0 Å². The van der Waals surface area contributed by atoms with E-state index in [4.69, 9.17) is 14.2 Å². The molecule has 440 valence electrons. The summed E-state index contributed by atoms with van der Waals surface area (Å²) in [4.78, 5) is 38.2. The summed E-state index contributed by atoms with van der Waals surface area (Å²) < 4.78 is 16.9. The van der Waals surface area contributed by atoms with Gasteiger partial charge in [0, 0.05) is 19.3 Å². The quantitative estimate of drug-likeness (QED) is 0.0261. The maximum absolute atomic E-state index is 12.8. The van der Waals surface area contributed by atoms with Crippen LogP contribution in [0.25, 0.3) is 0 Å². The first kappa shape index (κ1) is 73.1. The number of ether oxygens (including phenoxy) is 3. The van der Waals surface area contributed by atoms with E-state index in [-0.39, 0.29) is 31.1 Å². The molecule has 0 fully saturated rings. The first-order chi connectivity index (χ1) is 38.0. The fraction of sp³-hybridized carbons (Fsp3) is 0.704. The van der Waals surface area contributed by atoms with E-state index in [1.807, 2.05) is 0 Å². The Hall–Kier alpha value is -3.93. The lowest BCUT2D eigenvalue weighted by molar-refractivity contribution is -0.167. The van der Waals surface area contributed by atoms with E-state index in [1.54, 1.807) is 0 Å². The van der Waals surface area contributed by atoms with E-state index in [1.165, 1.54) is 141 Å². The minimum atomic E-state index is -0.779. The molecule has 0 heterocycles. The molecule has 0 aliphatic rings. The van der Waals surface area contributed by atoms with Crippen LogP contribution < -0.4 is 0 Å². The van der Waals surface area contributed by atoms with Gasteiger partial charge in [-0.3, -0.25) is 14.4 Å². The van der Waals surface area contributed by atoms with Crippen LogP contribution in [0, 0.1) is 0 Å². The van der Waals surface area contributed by atoms with Crippen molar-refractivity contribution in [1.82, 2.24) is 0 Å². The van der Waals surface area contributed by atoms with Gasteiger partial charge in [0.05, 0.1) is 0 Å². The molecule has 0 aliphatic carbocycles. The van der Waals surface area contributed by atoms with Gasteiger partial charge in [0.25, 0.3) is 0 Å². The van der Waals surface area contributed by atoms with Crippen molar-refractivity contribution in [2.75, 3.05) is 13.2 Å². The predicted molar refractivity (Wildman–Crippen MR) is 334 cm³/mol. The monoisotopic (exact) mass is 1070 g/mol. The number of carbonyl (C=O) groups is 3. The molecule has 0 saturated carbocycles. The maximum Gasteiger partial charge on any atom is 0.306 e. The molecule has 6 nitrogen and oxygen atoms in total. The van der Waals surface area contributed by atoms with Crippen LogP contribution in [-0.2, 0) is 28.6 Å². The molecular weight excluding hydrogens is 949 g/mol. The lowest BCUT2D eigenvalue weighted by Gasteiger charge is -2.18. The fourth-order valence-electron chi connectivity index (χ4n) is 8.97. The zero-order valence-electron chi connectivity index (χ0n) is 50.4. The minimum Gasteiger partial charge on any atom is -0.462 e. The molecule has 0 N–H and O–H groups in total. The molecule has 6 heteroatoms. The smallest absolute Gasteiger partial charge is 0.306 e. The van der Waals surface area contributed by atoms with E-state index >= 15 is 0 Å².